The van der Waals surface area contributed by atoms with Gasteiger partial charge in [-0.25, -0.2) is 0 Å². The molecule has 0 fully saturated rings. The lowest BCUT2D eigenvalue weighted by Crippen LogP contribution is -2.41. The number of aliphatic carboxylic acids is 1. The van der Waals surface area contributed by atoms with Crippen molar-refractivity contribution in [2.45, 2.75) is 25.7 Å². The van der Waals surface area contributed by atoms with Gasteiger partial charge in [0.05, 0.1) is 0 Å². The molecule has 3 nitrogen and oxygen atoms in total. The van der Waals surface area contributed by atoms with Crippen LogP contribution < -0.4 is 0 Å². The number of hydrogen-bond acceptors (Lipinski definition) is 2. The van der Waals surface area contributed by atoms with E-state index in [4.69, 9.17) is 0 Å². The van der Waals surface area contributed by atoms with Gasteiger partial charge in [0.25, 0.3) is 0 Å². The molecule has 0 radical (unpaired) electrons. The van der Waals surface area contributed by atoms with Crippen molar-refractivity contribution in [3.05, 3.63) is 71.8 Å². The van der Waals surface area contributed by atoms with E-state index in [-0.39, 0.29) is 12.4 Å². The summed E-state index contributed by atoms with van der Waals surface area (Å²) < 4.78 is 0. The molecule has 0 aromatic heterocycles. The third-order valence-corrected chi connectivity index (χ3v) is 4.60. The zero-order valence-corrected chi connectivity index (χ0v) is 15.1. The molecule has 4 heteroatoms. The number of rotatable bonds is 8. The molecule has 0 spiro atoms. The fraction of sp³-hybridized carbons (Fsp3) is 0.350. The van der Waals surface area contributed by atoms with E-state index >= 15 is 0 Å². The van der Waals surface area contributed by atoms with Crippen LogP contribution in [0.5, 0.6) is 0 Å². The summed E-state index contributed by atoms with van der Waals surface area (Å²) in [5.41, 5.74) is 0.669. The molecule has 0 unspecified atom stereocenters. The average Bonchev–Trinajstić information content (AvgIpc) is 2.60. The van der Waals surface area contributed by atoms with Crippen LogP contribution in [0.1, 0.15) is 31.4 Å². The van der Waals surface area contributed by atoms with Crippen LogP contribution in [0, 0.1) is 0 Å². The minimum Gasteiger partial charge on any atom is -0.480 e. The molecule has 0 saturated heterocycles. The molecule has 0 amide bonds. The van der Waals surface area contributed by atoms with Gasteiger partial charge in [-0.15, -0.1) is 12.4 Å². The van der Waals surface area contributed by atoms with Gasteiger partial charge in [-0.05, 0) is 37.2 Å². The number of nitrogens with zero attached hydrogens (tertiary/aromatic N) is 1. The Kier molecular flexibility index (Phi) is 7.96. The molecule has 130 valence electrons. The highest BCUT2D eigenvalue weighted by Gasteiger charge is 2.41. The maximum absolute atomic E-state index is 12.4. The van der Waals surface area contributed by atoms with Crippen molar-refractivity contribution in [2.24, 2.45) is 0 Å². The fourth-order valence-electron chi connectivity index (χ4n) is 3.12. The molecule has 0 heterocycles. The molecule has 2 rings (SSSR count). The maximum Gasteiger partial charge on any atom is 0.318 e. The quantitative estimate of drug-likeness (QED) is 0.777. The first kappa shape index (κ1) is 20.2. The molecule has 0 aliphatic heterocycles. The predicted molar refractivity (Wildman–Crippen MR) is 101 cm³/mol. The summed E-state index contributed by atoms with van der Waals surface area (Å²) in [7, 11) is 0. The molecule has 2 aromatic carbocycles. The molecule has 0 saturated carbocycles. The largest absolute Gasteiger partial charge is 0.480 e. The fourth-order valence-corrected chi connectivity index (χ4v) is 3.12. The van der Waals surface area contributed by atoms with Crippen molar-refractivity contribution in [1.29, 1.82) is 0 Å². The number of hydrogen-bond donors (Lipinski definition) is 1. The normalized spacial score (nSPS) is 11.1. The number of halogens is 1. The van der Waals surface area contributed by atoms with Crippen LogP contribution in [0.4, 0.5) is 0 Å². The maximum atomic E-state index is 12.4. The van der Waals surface area contributed by atoms with Gasteiger partial charge in [-0.3, -0.25) is 4.79 Å². The number of benzene rings is 2. The Morgan fingerprint density at radius 2 is 1.33 bits per heavy atom. The molecular weight excluding hydrogens is 322 g/mol. The number of carbonyl (C=O) groups is 1. The molecule has 24 heavy (non-hydrogen) atoms. The average molecular weight is 348 g/mol. The predicted octanol–water partition coefficient (Wildman–Crippen LogP) is 4.21. The van der Waals surface area contributed by atoms with Gasteiger partial charge in [-0.1, -0.05) is 74.5 Å². The third-order valence-electron chi connectivity index (χ3n) is 4.60. The Bertz CT molecular complexity index is 573. The number of carboxylic acid groups (broad SMARTS) is 1. The minimum atomic E-state index is -1.01. The van der Waals surface area contributed by atoms with Crippen LogP contribution in [0.25, 0.3) is 0 Å². The smallest absolute Gasteiger partial charge is 0.318 e. The van der Waals surface area contributed by atoms with Gasteiger partial charge in [0.1, 0.15) is 5.41 Å². The summed E-state index contributed by atoms with van der Waals surface area (Å²) in [6.07, 6.45) is 0.554. The van der Waals surface area contributed by atoms with E-state index in [1.807, 2.05) is 60.7 Å². The highest BCUT2D eigenvalue weighted by molar-refractivity contribution is 5.86. The highest BCUT2D eigenvalue weighted by Crippen LogP contribution is 2.36. The second-order valence-electron chi connectivity index (χ2n) is 5.72. The molecule has 0 aliphatic carbocycles. The van der Waals surface area contributed by atoms with Gasteiger partial charge < -0.3 is 10.0 Å². The molecule has 0 atom stereocenters. The van der Waals surface area contributed by atoms with E-state index in [1.165, 1.54) is 0 Å². The summed E-state index contributed by atoms with van der Waals surface area (Å²) in [6.45, 7) is 6.82. The van der Waals surface area contributed by atoms with Gasteiger partial charge in [-0.2, -0.15) is 0 Å². The zero-order chi connectivity index (χ0) is 16.7. The van der Waals surface area contributed by atoms with E-state index in [9.17, 15) is 9.90 Å². The third kappa shape index (κ3) is 4.16. The summed E-state index contributed by atoms with van der Waals surface area (Å²) in [4.78, 5) is 14.7. The van der Waals surface area contributed by atoms with E-state index in [0.29, 0.717) is 6.42 Å². The molecule has 0 aliphatic rings. The van der Waals surface area contributed by atoms with Crippen molar-refractivity contribution in [3.8, 4) is 0 Å². The molecule has 0 bridgehead atoms. The number of carboxylic acids is 1. The Morgan fingerprint density at radius 1 is 0.917 bits per heavy atom. The van der Waals surface area contributed by atoms with Crippen molar-refractivity contribution in [3.63, 3.8) is 0 Å². The van der Waals surface area contributed by atoms with Crippen molar-refractivity contribution in [2.75, 3.05) is 19.6 Å². The van der Waals surface area contributed by atoms with Crippen LogP contribution in [0.2, 0.25) is 0 Å². The van der Waals surface area contributed by atoms with E-state index < -0.39 is 11.4 Å². The SMILES string of the molecule is CCN(CC)CCC(C(=O)O)(c1ccccc1)c1ccccc1.Cl. The minimum absolute atomic E-state index is 0. The zero-order valence-electron chi connectivity index (χ0n) is 14.3. The second-order valence-corrected chi connectivity index (χ2v) is 5.72. The Labute approximate surface area is 150 Å². The first-order valence-electron chi connectivity index (χ1n) is 8.22. The standard InChI is InChI=1S/C20H25NO2.ClH/c1-3-21(4-2)16-15-20(19(22)23,17-11-7-5-8-12-17)18-13-9-6-10-14-18;/h5-14H,3-4,15-16H2,1-2H3,(H,22,23);1H. The van der Waals surface area contributed by atoms with E-state index in [0.717, 1.165) is 30.8 Å². The van der Waals surface area contributed by atoms with E-state index in [2.05, 4.69) is 18.7 Å². The van der Waals surface area contributed by atoms with Crippen molar-refractivity contribution >= 4 is 18.4 Å². The lowest BCUT2D eigenvalue weighted by molar-refractivity contribution is -0.142. The summed E-state index contributed by atoms with van der Waals surface area (Å²) in [6, 6.07) is 19.2. The van der Waals surface area contributed by atoms with Crippen molar-refractivity contribution < 1.29 is 9.90 Å². The Balaban J connectivity index is 0.00000288. The Hall–Kier alpha value is -1.84. The van der Waals surface area contributed by atoms with Crippen LogP contribution >= 0.6 is 12.4 Å². The summed E-state index contributed by atoms with van der Waals surface area (Å²) >= 11 is 0. The van der Waals surface area contributed by atoms with Crippen molar-refractivity contribution in [1.82, 2.24) is 4.90 Å². The molecule has 1 N–H and O–H groups in total. The topological polar surface area (TPSA) is 40.5 Å². The highest BCUT2D eigenvalue weighted by atomic mass is 35.5. The van der Waals surface area contributed by atoms with Gasteiger partial charge in [0, 0.05) is 0 Å². The van der Waals surface area contributed by atoms with Crippen LogP contribution in [0.3, 0.4) is 0 Å². The Morgan fingerprint density at radius 3 is 1.67 bits per heavy atom. The first-order chi connectivity index (χ1) is 11.1. The summed E-state index contributed by atoms with van der Waals surface area (Å²) in [5, 5.41) is 10.2. The van der Waals surface area contributed by atoms with Crippen LogP contribution in [-0.4, -0.2) is 35.6 Å². The van der Waals surface area contributed by atoms with Gasteiger partial charge in [0.2, 0.25) is 0 Å². The first-order valence-corrected chi connectivity index (χ1v) is 8.22. The lowest BCUT2D eigenvalue weighted by atomic mass is 9.72. The molecular formula is C20H26ClNO2. The lowest BCUT2D eigenvalue weighted by Gasteiger charge is -2.33. The van der Waals surface area contributed by atoms with Gasteiger partial charge >= 0.3 is 5.97 Å². The molecule has 2 aromatic rings. The monoisotopic (exact) mass is 347 g/mol. The van der Waals surface area contributed by atoms with Gasteiger partial charge in [0.15, 0.2) is 0 Å². The van der Waals surface area contributed by atoms with E-state index in [1.54, 1.807) is 0 Å². The van der Waals surface area contributed by atoms with Crippen LogP contribution in [-0.2, 0) is 10.2 Å². The summed E-state index contributed by atoms with van der Waals surface area (Å²) in [5.74, 6) is -0.790. The second kappa shape index (κ2) is 9.45. The van der Waals surface area contributed by atoms with Crippen LogP contribution in [0.15, 0.2) is 60.7 Å².